The second-order valence-electron chi connectivity index (χ2n) is 17.0. The number of unbranched alkanes of at least 4 members (excludes halogenated alkanes) is 26. The summed E-state index contributed by atoms with van der Waals surface area (Å²) in [7, 11) is 0. The minimum atomic E-state index is -0.547. The van der Waals surface area contributed by atoms with Gasteiger partial charge in [0.1, 0.15) is 6.61 Å². The minimum absolute atomic E-state index is 0.0715. The fourth-order valence-electron chi connectivity index (χ4n) is 7.20. The molecule has 0 saturated heterocycles. The van der Waals surface area contributed by atoms with E-state index in [1.54, 1.807) is 0 Å². The van der Waals surface area contributed by atoms with Crippen LogP contribution in [0.3, 0.4) is 0 Å². The molecule has 0 spiro atoms. The van der Waals surface area contributed by atoms with E-state index in [2.05, 4.69) is 81.5 Å². The number of carbonyl (C=O) groups is 2. The van der Waals surface area contributed by atoms with Crippen molar-refractivity contribution in [2.45, 2.75) is 258 Å². The van der Waals surface area contributed by atoms with Crippen LogP contribution in [0.4, 0.5) is 0 Å². The van der Waals surface area contributed by atoms with Gasteiger partial charge in [-0.05, 0) is 83.5 Å². The topological polar surface area (TPSA) is 61.8 Å². The molecule has 5 nitrogen and oxygen atoms in total. The zero-order valence-electron chi connectivity index (χ0n) is 40.0. The summed E-state index contributed by atoms with van der Waals surface area (Å²) in [5.74, 6) is -0.422. The van der Waals surface area contributed by atoms with Crippen LogP contribution >= 0.6 is 0 Å². The lowest BCUT2D eigenvalue weighted by Crippen LogP contribution is -2.30. The highest BCUT2D eigenvalue weighted by molar-refractivity contribution is 5.70. The van der Waals surface area contributed by atoms with Crippen LogP contribution in [-0.2, 0) is 23.8 Å². The van der Waals surface area contributed by atoms with Crippen LogP contribution in [0.2, 0.25) is 0 Å². The number of ether oxygens (including phenoxy) is 3. The first-order chi connectivity index (χ1) is 29.6. The Morgan fingerprint density at radius 2 is 0.750 bits per heavy atom. The van der Waals surface area contributed by atoms with Gasteiger partial charge in [0.2, 0.25) is 0 Å². The lowest BCUT2D eigenvalue weighted by molar-refractivity contribution is -0.163. The molecule has 0 N–H and O–H groups in total. The molecule has 1 atom stereocenters. The standard InChI is InChI=1S/C55H98O5/c1-4-7-10-13-16-19-22-24-26-28-29-31-34-36-39-42-45-48-54(56)59-52-53(60-55(57)49-46-43-40-37-33-21-18-15-12-9-6-3)51-58-50-47-44-41-38-35-32-30-27-25-23-20-17-14-11-8-5-2/h7,10,16,19,24-27,29,31,53H,4-6,8-9,11-15,17-18,20-23,28,30,32-52H2,1-3H3/b10-7-,19-16-,26-24-,27-25-,31-29-. The van der Waals surface area contributed by atoms with Gasteiger partial charge < -0.3 is 14.2 Å². The van der Waals surface area contributed by atoms with E-state index < -0.39 is 6.10 Å². The summed E-state index contributed by atoms with van der Waals surface area (Å²) in [6.07, 6.45) is 63.7. The van der Waals surface area contributed by atoms with Gasteiger partial charge in [0, 0.05) is 19.4 Å². The zero-order chi connectivity index (χ0) is 43.5. The van der Waals surface area contributed by atoms with Crippen molar-refractivity contribution < 1.29 is 23.8 Å². The molecule has 0 aromatic carbocycles. The summed E-state index contributed by atoms with van der Waals surface area (Å²) in [6.45, 7) is 7.69. The largest absolute Gasteiger partial charge is 0.462 e. The Balaban J connectivity index is 4.28. The molecule has 0 aliphatic heterocycles. The minimum Gasteiger partial charge on any atom is -0.462 e. The molecule has 0 heterocycles. The molecule has 1 unspecified atom stereocenters. The van der Waals surface area contributed by atoms with Crippen LogP contribution in [0.1, 0.15) is 252 Å². The highest BCUT2D eigenvalue weighted by Crippen LogP contribution is 2.14. The molecule has 0 saturated carbocycles. The summed E-state index contributed by atoms with van der Waals surface area (Å²) < 4.78 is 17.4. The summed E-state index contributed by atoms with van der Waals surface area (Å²) in [4.78, 5) is 25.3. The van der Waals surface area contributed by atoms with Gasteiger partial charge in [-0.15, -0.1) is 0 Å². The summed E-state index contributed by atoms with van der Waals surface area (Å²) in [6, 6.07) is 0. The van der Waals surface area contributed by atoms with Crippen LogP contribution in [0.5, 0.6) is 0 Å². The number of rotatable bonds is 47. The lowest BCUT2D eigenvalue weighted by Gasteiger charge is -2.18. The molecule has 0 aromatic heterocycles. The van der Waals surface area contributed by atoms with Gasteiger partial charge in [0.05, 0.1) is 6.61 Å². The van der Waals surface area contributed by atoms with E-state index in [0.717, 1.165) is 83.5 Å². The highest BCUT2D eigenvalue weighted by Gasteiger charge is 2.17. The first-order valence-electron chi connectivity index (χ1n) is 25.8. The van der Waals surface area contributed by atoms with Crippen LogP contribution in [0, 0.1) is 0 Å². The predicted octanol–water partition coefficient (Wildman–Crippen LogP) is 17.3. The van der Waals surface area contributed by atoms with Gasteiger partial charge in [-0.25, -0.2) is 0 Å². The molecule has 0 rings (SSSR count). The first-order valence-corrected chi connectivity index (χ1v) is 25.8. The molecule has 0 amide bonds. The zero-order valence-corrected chi connectivity index (χ0v) is 40.0. The van der Waals surface area contributed by atoms with Gasteiger partial charge in [0.25, 0.3) is 0 Å². The molecule has 0 aliphatic rings. The first kappa shape index (κ1) is 57.6. The number of hydrogen-bond acceptors (Lipinski definition) is 5. The third kappa shape index (κ3) is 48.3. The molecular weight excluding hydrogens is 741 g/mol. The number of esters is 2. The lowest BCUT2D eigenvalue weighted by atomic mass is 10.1. The molecule has 0 aliphatic carbocycles. The second-order valence-corrected chi connectivity index (χ2v) is 17.0. The normalized spacial score (nSPS) is 12.7. The maximum atomic E-state index is 12.8. The van der Waals surface area contributed by atoms with Crippen LogP contribution in [0.15, 0.2) is 60.8 Å². The number of allylic oxidation sites excluding steroid dienone is 10. The SMILES string of the molecule is CC/C=C\C/C=C\C/C=C\C/C=C\CCCCCCC(=O)OCC(COCCCCCCCC/C=C\CCCCCCCC)OC(=O)CCCCCCCCCCCCC. The Bertz CT molecular complexity index is 1040. The van der Waals surface area contributed by atoms with Crippen LogP contribution < -0.4 is 0 Å². The van der Waals surface area contributed by atoms with Crippen molar-refractivity contribution in [1.29, 1.82) is 0 Å². The maximum Gasteiger partial charge on any atom is 0.306 e. The van der Waals surface area contributed by atoms with Crippen molar-refractivity contribution in [1.82, 2.24) is 0 Å². The van der Waals surface area contributed by atoms with Crippen LogP contribution in [-0.4, -0.2) is 37.9 Å². The van der Waals surface area contributed by atoms with Crippen molar-refractivity contribution in [3.63, 3.8) is 0 Å². The monoisotopic (exact) mass is 839 g/mol. The summed E-state index contributed by atoms with van der Waals surface area (Å²) in [5, 5.41) is 0. The fraction of sp³-hybridized carbons (Fsp3) is 0.782. The predicted molar refractivity (Wildman–Crippen MR) is 261 cm³/mol. The van der Waals surface area contributed by atoms with Crippen molar-refractivity contribution in [2.24, 2.45) is 0 Å². The van der Waals surface area contributed by atoms with E-state index in [-0.39, 0.29) is 25.2 Å². The van der Waals surface area contributed by atoms with Crippen molar-refractivity contribution >= 4 is 11.9 Å². The van der Waals surface area contributed by atoms with Gasteiger partial charge in [-0.3, -0.25) is 9.59 Å². The Morgan fingerprint density at radius 1 is 0.383 bits per heavy atom. The molecular formula is C55H98O5. The van der Waals surface area contributed by atoms with Crippen molar-refractivity contribution in [3.8, 4) is 0 Å². The second kappa shape index (κ2) is 51.0. The average molecular weight is 839 g/mol. The maximum absolute atomic E-state index is 12.8. The van der Waals surface area contributed by atoms with E-state index in [0.29, 0.717) is 19.4 Å². The Morgan fingerprint density at radius 3 is 1.22 bits per heavy atom. The highest BCUT2D eigenvalue weighted by atomic mass is 16.6. The third-order valence-corrected chi connectivity index (χ3v) is 11.0. The molecule has 0 bridgehead atoms. The van der Waals surface area contributed by atoms with Crippen molar-refractivity contribution in [2.75, 3.05) is 19.8 Å². The molecule has 348 valence electrons. The van der Waals surface area contributed by atoms with Gasteiger partial charge in [-0.1, -0.05) is 216 Å². The summed E-state index contributed by atoms with van der Waals surface area (Å²) >= 11 is 0. The molecule has 60 heavy (non-hydrogen) atoms. The van der Waals surface area contributed by atoms with E-state index in [1.807, 2.05) is 0 Å². The van der Waals surface area contributed by atoms with Gasteiger partial charge >= 0.3 is 11.9 Å². The van der Waals surface area contributed by atoms with E-state index in [4.69, 9.17) is 14.2 Å². The van der Waals surface area contributed by atoms with E-state index in [9.17, 15) is 9.59 Å². The number of carbonyl (C=O) groups excluding carboxylic acids is 2. The molecule has 5 heteroatoms. The fourth-order valence-corrected chi connectivity index (χ4v) is 7.20. The number of hydrogen-bond donors (Lipinski definition) is 0. The molecule has 0 radical (unpaired) electrons. The smallest absolute Gasteiger partial charge is 0.306 e. The molecule has 0 aromatic rings. The Kier molecular flexibility index (Phi) is 48.9. The van der Waals surface area contributed by atoms with E-state index >= 15 is 0 Å². The Labute approximate surface area is 373 Å². The summed E-state index contributed by atoms with van der Waals surface area (Å²) in [5.41, 5.74) is 0. The van der Waals surface area contributed by atoms with E-state index in [1.165, 1.54) is 135 Å². The quantitative estimate of drug-likeness (QED) is 0.0347. The average Bonchev–Trinajstić information content (AvgIpc) is 3.25. The van der Waals surface area contributed by atoms with Crippen LogP contribution in [0.25, 0.3) is 0 Å². The third-order valence-electron chi connectivity index (χ3n) is 11.0. The molecule has 0 fully saturated rings. The van der Waals surface area contributed by atoms with Gasteiger partial charge in [-0.2, -0.15) is 0 Å². The Hall–Kier alpha value is -2.40. The van der Waals surface area contributed by atoms with Crippen molar-refractivity contribution in [3.05, 3.63) is 60.8 Å². The van der Waals surface area contributed by atoms with Gasteiger partial charge in [0.15, 0.2) is 6.10 Å².